The van der Waals surface area contributed by atoms with Crippen LogP contribution in [0.3, 0.4) is 0 Å². The lowest BCUT2D eigenvalue weighted by molar-refractivity contribution is -0.140. The molecule has 3 saturated carbocycles. The molecule has 2 atom stereocenters. The summed E-state index contributed by atoms with van der Waals surface area (Å²) in [5.41, 5.74) is 2.35. The number of rotatable bonds is 0. The van der Waals surface area contributed by atoms with Crippen LogP contribution in [0.4, 0.5) is 0 Å². The zero-order valence-electron chi connectivity index (χ0n) is 12.3. The largest absolute Gasteiger partial charge is 0.489 e. The zero-order valence-corrected chi connectivity index (χ0v) is 12.3. The van der Waals surface area contributed by atoms with E-state index < -0.39 is 0 Å². The van der Waals surface area contributed by atoms with Crippen LogP contribution in [0.5, 0.6) is 5.75 Å². The van der Waals surface area contributed by atoms with Crippen LogP contribution in [-0.4, -0.2) is 31.1 Å². The van der Waals surface area contributed by atoms with Crippen molar-refractivity contribution in [2.45, 2.75) is 43.6 Å². The topological polar surface area (TPSA) is 12.5 Å². The third-order valence-electron chi connectivity index (χ3n) is 6.93. The molecule has 0 amide bonds. The lowest BCUT2D eigenvalue weighted by atomic mass is 9.42. The van der Waals surface area contributed by atoms with Crippen LogP contribution in [0.25, 0.3) is 0 Å². The SMILES string of the molecule is CN1CCC23c4ccccc4OC2C2CCC3(CC2)C1. The van der Waals surface area contributed by atoms with Gasteiger partial charge in [0.2, 0.25) is 0 Å². The van der Waals surface area contributed by atoms with Gasteiger partial charge in [-0.1, -0.05) is 18.2 Å². The summed E-state index contributed by atoms with van der Waals surface area (Å²) in [6.45, 7) is 2.50. The van der Waals surface area contributed by atoms with Crippen LogP contribution in [0.15, 0.2) is 24.3 Å². The lowest BCUT2D eigenvalue weighted by Gasteiger charge is -2.64. The van der Waals surface area contributed by atoms with Crippen molar-refractivity contribution in [2.24, 2.45) is 11.3 Å². The fraction of sp³-hybridized carbons (Fsp3) is 0.667. The molecule has 1 aromatic carbocycles. The van der Waals surface area contributed by atoms with Crippen molar-refractivity contribution in [1.29, 1.82) is 0 Å². The van der Waals surface area contributed by atoms with Crippen molar-refractivity contribution in [3.63, 3.8) is 0 Å². The minimum Gasteiger partial charge on any atom is -0.489 e. The average Bonchev–Trinajstić information content (AvgIpc) is 2.83. The lowest BCUT2D eigenvalue weighted by Crippen LogP contribution is -2.68. The van der Waals surface area contributed by atoms with E-state index in [0.717, 1.165) is 5.92 Å². The molecule has 0 aromatic heterocycles. The van der Waals surface area contributed by atoms with E-state index in [0.29, 0.717) is 16.9 Å². The molecule has 0 radical (unpaired) electrons. The number of benzene rings is 1. The molecule has 3 aliphatic carbocycles. The summed E-state index contributed by atoms with van der Waals surface area (Å²) in [5.74, 6) is 1.99. The second-order valence-electron chi connectivity index (χ2n) is 7.61. The highest BCUT2D eigenvalue weighted by atomic mass is 16.5. The monoisotopic (exact) mass is 269 g/mol. The van der Waals surface area contributed by atoms with Crippen LogP contribution in [0.1, 0.15) is 37.7 Å². The van der Waals surface area contributed by atoms with Crippen LogP contribution in [-0.2, 0) is 5.41 Å². The third kappa shape index (κ3) is 1.13. The maximum atomic E-state index is 6.52. The Morgan fingerprint density at radius 1 is 1.15 bits per heavy atom. The van der Waals surface area contributed by atoms with Gasteiger partial charge in [0.1, 0.15) is 11.9 Å². The molecule has 0 N–H and O–H groups in total. The van der Waals surface area contributed by atoms with E-state index in [1.54, 1.807) is 5.56 Å². The highest BCUT2D eigenvalue weighted by Gasteiger charge is 2.68. The fourth-order valence-electron chi connectivity index (χ4n) is 6.16. The molecular weight excluding hydrogens is 246 g/mol. The number of piperidine rings is 1. The van der Waals surface area contributed by atoms with Gasteiger partial charge < -0.3 is 9.64 Å². The maximum Gasteiger partial charge on any atom is 0.123 e. The second kappa shape index (κ2) is 3.59. The second-order valence-corrected chi connectivity index (χ2v) is 7.61. The number of ether oxygens (including phenoxy) is 1. The summed E-state index contributed by atoms with van der Waals surface area (Å²) in [6.07, 6.45) is 7.35. The summed E-state index contributed by atoms with van der Waals surface area (Å²) in [7, 11) is 2.30. The van der Waals surface area contributed by atoms with Crippen molar-refractivity contribution in [1.82, 2.24) is 4.90 Å². The molecule has 2 spiro atoms. The smallest absolute Gasteiger partial charge is 0.123 e. The maximum absolute atomic E-state index is 6.52. The van der Waals surface area contributed by atoms with Crippen LogP contribution in [0, 0.1) is 11.3 Å². The van der Waals surface area contributed by atoms with Crippen molar-refractivity contribution < 1.29 is 4.74 Å². The van der Waals surface area contributed by atoms with E-state index in [9.17, 15) is 0 Å². The molecule has 20 heavy (non-hydrogen) atoms. The number of para-hydroxylation sites is 1. The standard InChI is InChI=1S/C18H23NO/c1-19-11-10-18-14-4-2-3-5-15(14)20-16(18)13-6-8-17(18,12-19)9-7-13/h2-5,13,16H,6-12H2,1H3. The average molecular weight is 269 g/mol. The van der Waals surface area contributed by atoms with Gasteiger partial charge in [-0.05, 0) is 63.1 Å². The molecule has 1 aromatic rings. The van der Waals surface area contributed by atoms with Crippen molar-refractivity contribution >= 4 is 0 Å². The summed E-state index contributed by atoms with van der Waals surface area (Å²) in [5, 5.41) is 0. The first-order chi connectivity index (χ1) is 9.75. The van der Waals surface area contributed by atoms with Gasteiger partial charge in [-0.15, -0.1) is 0 Å². The van der Waals surface area contributed by atoms with E-state index in [1.807, 2.05) is 0 Å². The molecule has 106 valence electrons. The molecule has 2 unspecified atom stereocenters. The Labute approximate surface area is 121 Å². The Morgan fingerprint density at radius 3 is 2.80 bits per heavy atom. The van der Waals surface area contributed by atoms with Gasteiger partial charge in [-0.2, -0.15) is 0 Å². The van der Waals surface area contributed by atoms with E-state index in [4.69, 9.17) is 4.74 Å². The molecule has 2 nitrogen and oxygen atoms in total. The number of hydrogen-bond donors (Lipinski definition) is 0. The molecule has 2 heteroatoms. The summed E-state index contributed by atoms with van der Waals surface area (Å²) >= 11 is 0. The number of nitrogens with zero attached hydrogens (tertiary/aromatic N) is 1. The van der Waals surface area contributed by atoms with Crippen LogP contribution >= 0.6 is 0 Å². The van der Waals surface area contributed by atoms with Gasteiger partial charge in [0.05, 0.1) is 0 Å². The predicted octanol–water partition coefficient (Wildman–Crippen LogP) is 3.21. The van der Waals surface area contributed by atoms with Crippen molar-refractivity contribution in [3.8, 4) is 5.75 Å². The minimum absolute atomic E-state index is 0.331. The highest BCUT2D eigenvalue weighted by Crippen LogP contribution is 2.68. The van der Waals surface area contributed by atoms with E-state index >= 15 is 0 Å². The zero-order chi connectivity index (χ0) is 13.4. The third-order valence-corrected chi connectivity index (χ3v) is 6.93. The summed E-state index contributed by atoms with van der Waals surface area (Å²) in [6, 6.07) is 8.92. The van der Waals surface area contributed by atoms with Gasteiger partial charge in [0.15, 0.2) is 0 Å². The van der Waals surface area contributed by atoms with Crippen LogP contribution < -0.4 is 4.74 Å². The first-order valence-electron chi connectivity index (χ1n) is 8.20. The first-order valence-corrected chi connectivity index (χ1v) is 8.20. The number of hydrogen-bond acceptors (Lipinski definition) is 2. The van der Waals surface area contributed by atoms with Gasteiger partial charge in [0.25, 0.3) is 0 Å². The Kier molecular flexibility index (Phi) is 2.09. The highest BCUT2D eigenvalue weighted by molar-refractivity contribution is 5.49. The van der Waals surface area contributed by atoms with E-state index in [2.05, 4.69) is 36.2 Å². The van der Waals surface area contributed by atoms with Gasteiger partial charge >= 0.3 is 0 Å². The first kappa shape index (κ1) is 11.6. The Hall–Kier alpha value is -1.02. The van der Waals surface area contributed by atoms with Gasteiger partial charge in [-0.3, -0.25) is 0 Å². The van der Waals surface area contributed by atoms with E-state index in [1.165, 1.54) is 50.9 Å². The molecule has 2 heterocycles. The molecule has 2 aliphatic heterocycles. The predicted molar refractivity (Wildman–Crippen MR) is 79.0 cm³/mol. The van der Waals surface area contributed by atoms with E-state index in [-0.39, 0.29) is 0 Å². The van der Waals surface area contributed by atoms with Crippen LogP contribution in [0.2, 0.25) is 0 Å². The Balaban J connectivity index is 1.75. The summed E-state index contributed by atoms with van der Waals surface area (Å²) in [4.78, 5) is 2.56. The quantitative estimate of drug-likeness (QED) is 0.717. The number of likely N-dealkylation sites (tertiary alicyclic amines) is 1. The van der Waals surface area contributed by atoms with Crippen molar-refractivity contribution in [3.05, 3.63) is 29.8 Å². The minimum atomic E-state index is 0.331. The molecule has 2 bridgehead atoms. The summed E-state index contributed by atoms with van der Waals surface area (Å²) < 4.78 is 6.52. The molecule has 6 rings (SSSR count). The Bertz CT molecular complexity index is 560. The normalized spacial score (nSPS) is 45.5. The van der Waals surface area contributed by atoms with Gasteiger partial charge in [-0.25, -0.2) is 0 Å². The molecular formula is C18H23NO. The van der Waals surface area contributed by atoms with Crippen molar-refractivity contribution in [2.75, 3.05) is 20.1 Å². The molecule has 4 fully saturated rings. The Morgan fingerprint density at radius 2 is 1.95 bits per heavy atom. The molecule has 5 aliphatic rings. The van der Waals surface area contributed by atoms with Gasteiger partial charge in [0, 0.05) is 17.5 Å². The number of fused-ring (bicyclic) bond motifs is 3. The fourth-order valence-corrected chi connectivity index (χ4v) is 6.16. The molecule has 1 saturated heterocycles.